The van der Waals surface area contributed by atoms with E-state index in [1.165, 1.54) is 38.9 Å². The van der Waals surface area contributed by atoms with E-state index >= 15 is 0 Å². The molecule has 3 unspecified atom stereocenters. The molecule has 0 radical (unpaired) electrons. The van der Waals surface area contributed by atoms with E-state index in [0.29, 0.717) is 0 Å². The Bertz CT molecular complexity index is 201. The minimum atomic E-state index is 0.731. The van der Waals surface area contributed by atoms with Crippen molar-refractivity contribution in [2.45, 2.75) is 52.1 Å². The maximum absolute atomic E-state index is 3.71. The number of piperazine rings is 1. The van der Waals surface area contributed by atoms with Crippen LogP contribution in [0.3, 0.4) is 0 Å². The van der Waals surface area contributed by atoms with Gasteiger partial charge in [-0.05, 0) is 31.6 Å². The predicted molar refractivity (Wildman–Crippen MR) is 65.0 cm³/mol. The average molecular weight is 210 g/mol. The summed E-state index contributed by atoms with van der Waals surface area (Å²) in [6.45, 7) is 10.8. The standard InChI is InChI=1S/C13H26N2/c1-4-10(2)8-15-9-13(12-5-6-12)14-7-11(15)3/h10-14H,4-9H2,1-3H3. The number of nitrogens with zero attached hydrogens (tertiary/aromatic N) is 1. The topological polar surface area (TPSA) is 15.3 Å². The molecule has 2 rings (SSSR count). The van der Waals surface area contributed by atoms with Crippen LogP contribution in [0, 0.1) is 11.8 Å². The van der Waals surface area contributed by atoms with Crippen molar-refractivity contribution in [1.29, 1.82) is 0 Å². The van der Waals surface area contributed by atoms with Crippen LogP contribution in [0.1, 0.15) is 40.0 Å². The highest BCUT2D eigenvalue weighted by Gasteiger charge is 2.35. The van der Waals surface area contributed by atoms with E-state index < -0.39 is 0 Å². The molecule has 0 aromatic heterocycles. The van der Waals surface area contributed by atoms with Crippen molar-refractivity contribution in [1.82, 2.24) is 10.2 Å². The zero-order valence-electron chi connectivity index (χ0n) is 10.5. The number of nitrogens with one attached hydrogen (secondary N) is 1. The summed E-state index contributed by atoms with van der Waals surface area (Å²) in [6, 6.07) is 1.53. The molecular weight excluding hydrogens is 184 g/mol. The molecule has 0 amide bonds. The van der Waals surface area contributed by atoms with Gasteiger partial charge in [0.25, 0.3) is 0 Å². The molecule has 1 saturated heterocycles. The minimum Gasteiger partial charge on any atom is -0.311 e. The lowest BCUT2D eigenvalue weighted by molar-refractivity contribution is 0.115. The summed E-state index contributed by atoms with van der Waals surface area (Å²) in [5.41, 5.74) is 0. The lowest BCUT2D eigenvalue weighted by atomic mass is 10.0. The highest BCUT2D eigenvalue weighted by molar-refractivity contribution is 4.93. The molecule has 1 N–H and O–H groups in total. The van der Waals surface area contributed by atoms with Gasteiger partial charge < -0.3 is 5.32 Å². The first-order valence-corrected chi connectivity index (χ1v) is 6.68. The molecule has 1 aliphatic heterocycles. The Morgan fingerprint density at radius 2 is 2.13 bits per heavy atom. The largest absolute Gasteiger partial charge is 0.311 e. The van der Waals surface area contributed by atoms with E-state index in [2.05, 4.69) is 31.0 Å². The molecule has 2 heteroatoms. The van der Waals surface area contributed by atoms with Crippen LogP contribution in [0.4, 0.5) is 0 Å². The average Bonchev–Trinajstić information content (AvgIpc) is 3.04. The van der Waals surface area contributed by atoms with E-state index in [0.717, 1.165) is 23.9 Å². The summed E-state index contributed by atoms with van der Waals surface area (Å²) in [5, 5.41) is 3.71. The van der Waals surface area contributed by atoms with Crippen LogP contribution in [-0.4, -0.2) is 36.6 Å². The summed E-state index contributed by atoms with van der Waals surface area (Å²) in [5.74, 6) is 1.85. The number of hydrogen-bond donors (Lipinski definition) is 1. The van der Waals surface area contributed by atoms with Crippen molar-refractivity contribution in [2.24, 2.45) is 11.8 Å². The van der Waals surface area contributed by atoms with Crippen molar-refractivity contribution >= 4 is 0 Å². The van der Waals surface area contributed by atoms with Crippen LogP contribution >= 0.6 is 0 Å². The Labute approximate surface area is 94.4 Å². The summed E-state index contributed by atoms with van der Waals surface area (Å²) in [7, 11) is 0. The fourth-order valence-corrected chi connectivity index (χ4v) is 2.55. The van der Waals surface area contributed by atoms with Crippen LogP contribution in [0.2, 0.25) is 0 Å². The summed E-state index contributed by atoms with van der Waals surface area (Å²) < 4.78 is 0. The molecule has 3 atom stereocenters. The Kier molecular flexibility index (Phi) is 3.68. The molecule has 0 spiro atoms. The van der Waals surface area contributed by atoms with Gasteiger partial charge in [-0.3, -0.25) is 4.90 Å². The molecule has 15 heavy (non-hydrogen) atoms. The maximum atomic E-state index is 3.71. The lowest BCUT2D eigenvalue weighted by Crippen LogP contribution is -2.56. The van der Waals surface area contributed by atoms with Gasteiger partial charge in [-0.1, -0.05) is 20.3 Å². The molecule has 2 aliphatic rings. The molecular formula is C13H26N2. The highest BCUT2D eigenvalue weighted by atomic mass is 15.2. The van der Waals surface area contributed by atoms with E-state index in [9.17, 15) is 0 Å². The normalized spacial score (nSPS) is 35.4. The fourth-order valence-electron chi connectivity index (χ4n) is 2.55. The summed E-state index contributed by atoms with van der Waals surface area (Å²) in [6.07, 6.45) is 4.23. The van der Waals surface area contributed by atoms with Crippen LogP contribution < -0.4 is 5.32 Å². The molecule has 1 heterocycles. The van der Waals surface area contributed by atoms with Gasteiger partial charge in [0.2, 0.25) is 0 Å². The van der Waals surface area contributed by atoms with Crippen molar-refractivity contribution < 1.29 is 0 Å². The summed E-state index contributed by atoms with van der Waals surface area (Å²) in [4.78, 5) is 2.70. The van der Waals surface area contributed by atoms with Gasteiger partial charge in [-0.25, -0.2) is 0 Å². The second kappa shape index (κ2) is 4.84. The van der Waals surface area contributed by atoms with Gasteiger partial charge in [-0.15, -0.1) is 0 Å². The highest BCUT2D eigenvalue weighted by Crippen LogP contribution is 2.34. The Morgan fingerprint density at radius 3 is 2.73 bits per heavy atom. The van der Waals surface area contributed by atoms with E-state index in [1.54, 1.807) is 0 Å². The van der Waals surface area contributed by atoms with Gasteiger partial charge in [0, 0.05) is 31.7 Å². The molecule has 88 valence electrons. The fraction of sp³-hybridized carbons (Fsp3) is 1.00. The van der Waals surface area contributed by atoms with Gasteiger partial charge >= 0.3 is 0 Å². The third-order valence-corrected chi connectivity index (χ3v) is 4.16. The van der Waals surface area contributed by atoms with Crippen molar-refractivity contribution in [3.8, 4) is 0 Å². The Balaban J connectivity index is 1.84. The van der Waals surface area contributed by atoms with E-state index in [4.69, 9.17) is 0 Å². The molecule has 0 aromatic rings. The van der Waals surface area contributed by atoms with Crippen LogP contribution in [0.15, 0.2) is 0 Å². The first kappa shape index (κ1) is 11.4. The van der Waals surface area contributed by atoms with E-state index in [-0.39, 0.29) is 0 Å². The van der Waals surface area contributed by atoms with Crippen LogP contribution in [-0.2, 0) is 0 Å². The van der Waals surface area contributed by atoms with Gasteiger partial charge in [-0.2, -0.15) is 0 Å². The lowest BCUT2D eigenvalue weighted by Gasteiger charge is -2.40. The molecule has 2 fully saturated rings. The smallest absolute Gasteiger partial charge is 0.0224 e. The predicted octanol–water partition coefficient (Wildman–Crippen LogP) is 2.10. The Hall–Kier alpha value is -0.0800. The second-order valence-corrected chi connectivity index (χ2v) is 5.67. The van der Waals surface area contributed by atoms with Gasteiger partial charge in [0.05, 0.1) is 0 Å². The quantitative estimate of drug-likeness (QED) is 0.764. The van der Waals surface area contributed by atoms with Gasteiger partial charge in [0.1, 0.15) is 0 Å². The SMILES string of the molecule is CCC(C)CN1CC(C2CC2)NCC1C. The zero-order chi connectivity index (χ0) is 10.8. The van der Waals surface area contributed by atoms with E-state index in [1.807, 2.05) is 0 Å². The molecule has 0 bridgehead atoms. The Morgan fingerprint density at radius 1 is 1.40 bits per heavy atom. The van der Waals surface area contributed by atoms with Gasteiger partial charge in [0.15, 0.2) is 0 Å². The van der Waals surface area contributed by atoms with Crippen LogP contribution in [0.25, 0.3) is 0 Å². The summed E-state index contributed by atoms with van der Waals surface area (Å²) >= 11 is 0. The van der Waals surface area contributed by atoms with Crippen molar-refractivity contribution in [3.05, 3.63) is 0 Å². The molecule has 0 aromatic carbocycles. The second-order valence-electron chi connectivity index (χ2n) is 5.67. The molecule has 1 aliphatic carbocycles. The zero-order valence-corrected chi connectivity index (χ0v) is 10.5. The number of rotatable bonds is 4. The molecule has 1 saturated carbocycles. The first-order chi connectivity index (χ1) is 7.20. The maximum Gasteiger partial charge on any atom is 0.0224 e. The van der Waals surface area contributed by atoms with Crippen LogP contribution in [0.5, 0.6) is 0 Å². The minimum absolute atomic E-state index is 0.731. The molecule has 2 nitrogen and oxygen atoms in total. The third-order valence-electron chi connectivity index (χ3n) is 4.16. The van der Waals surface area contributed by atoms with Crippen molar-refractivity contribution in [2.75, 3.05) is 19.6 Å². The number of hydrogen-bond acceptors (Lipinski definition) is 2. The third kappa shape index (κ3) is 2.94. The first-order valence-electron chi connectivity index (χ1n) is 6.68. The van der Waals surface area contributed by atoms with Crippen molar-refractivity contribution in [3.63, 3.8) is 0 Å². The monoisotopic (exact) mass is 210 g/mol.